The maximum absolute atomic E-state index is 3.97. The van der Waals surface area contributed by atoms with Gasteiger partial charge in [-0.25, -0.2) is 0 Å². The Labute approximate surface area is 76.7 Å². The minimum Gasteiger partial charge on any atom is -0.0958 e. The molecule has 0 heteroatoms. The standard InChI is InChI=1S/C12H20/c1-5-8-11(4)9-10-12(6-2)7-3/h6,9-10H,4-5,7-8H2,1-3H3/b10-9-,12-6-. The van der Waals surface area contributed by atoms with Gasteiger partial charge in [-0.2, -0.15) is 0 Å². The van der Waals surface area contributed by atoms with E-state index in [2.05, 4.69) is 45.6 Å². The molecular weight excluding hydrogens is 144 g/mol. The van der Waals surface area contributed by atoms with Crippen molar-refractivity contribution in [1.82, 2.24) is 0 Å². The van der Waals surface area contributed by atoms with Crippen LogP contribution in [0, 0.1) is 0 Å². The molecule has 0 spiro atoms. The van der Waals surface area contributed by atoms with Crippen LogP contribution in [-0.2, 0) is 0 Å². The third-order valence-corrected chi connectivity index (χ3v) is 1.88. The highest BCUT2D eigenvalue weighted by Crippen LogP contribution is 2.07. The molecule has 0 rings (SSSR count). The van der Waals surface area contributed by atoms with Crippen LogP contribution >= 0.6 is 0 Å². The molecule has 0 saturated heterocycles. The van der Waals surface area contributed by atoms with Crippen LogP contribution in [0.4, 0.5) is 0 Å². The van der Waals surface area contributed by atoms with Crippen molar-refractivity contribution in [1.29, 1.82) is 0 Å². The highest BCUT2D eigenvalue weighted by Gasteiger charge is 1.87. The van der Waals surface area contributed by atoms with Gasteiger partial charge in [0.15, 0.2) is 0 Å². The van der Waals surface area contributed by atoms with Crippen molar-refractivity contribution >= 4 is 0 Å². The van der Waals surface area contributed by atoms with Gasteiger partial charge in [0.2, 0.25) is 0 Å². The molecule has 12 heavy (non-hydrogen) atoms. The Morgan fingerprint density at radius 2 is 1.92 bits per heavy atom. The number of allylic oxidation sites excluding steroid dienone is 5. The first-order valence-corrected chi connectivity index (χ1v) is 4.75. The van der Waals surface area contributed by atoms with Gasteiger partial charge in [0.25, 0.3) is 0 Å². The SMILES string of the molecule is C=C(/C=C\C(=C/C)CC)CCC. The van der Waals surface area contributed by atoms with Crippen molar-refractivity contribution in [3.63, 3.8) is 0 Å². The molecule has 0 aromatic heterocycles. The lowest BCUT2D eigenvalue weighted by atomic mass is 10.1. The van der Waals surface area contributed by atoms with Crippen LogP contribution in [0.1, 0.15) is 40.0 Å². The van der Waals surface area contributed by atoms with Crippen LogP contribution in [-0.4, -0.2) is 0 Å². The lowest BCUT2D eigenvalue weighted by Gasteiger charge is -1.97. The molecule has 0 amide bonds. The third kappa shape index (κ3) is 4.95. The molecule has 68 valence electrons. The molecule has 0 aromatic rings. The second-order valence-corrected chi connectivity index (χ2v) is 2.96. The van der Waals surface area contributed by atoms with Gasteiger partial charge >= 0.3 is 0 Å². The van der Waals surface area contributed by atoms with Gasteiger partial charge in [0, 0.05) is 0 Å². The smallest absolute Gasteiger partial charge is 0.0287 e. The molecule has 0 saturated carbocycles. The molecule has 0 aliphatic heterocycles. The fourth-order valence-corrected chi connectivity index (χ4v) is 1.05. The van der Waals surface area contributed by atoms with E-state index < -0.39 is 0 Å². The van der Waals surface area contributed by atoms with Crippen LogP contribution in [0.15, 0.2) is 36.0 Å². The van der Waals surface area contributed by atoms with Crippen LogP contribution in [0.25, 0.3) is 0 Å². The summed E-state index contributed by atoms with van der Waals surface area (Å²) in [6, 6.07) is 0. The van der Waals surface area contributed by atoms with E-state index >= 15 is 0 Å². The Balaban J connectivity index is 3.96. The zero-order valence-electron chi connectivity index (χ0n) is 8.56. The van der Waals surface area contributed by atoms with Crippen molar-refractivity contribution in [3.05, 3.63) is 36.0 Å². The lowest BCUT2D eigenvalue weighted by Crippen LogP contribution is -1.76. The van der Waals surface area contributed by atoms with Gasteiger partial charge in [-0.1, -0.05) is 56.2 Å². The second kappa shape index (κ2) is 6.90. The van der Waals surface area contributed by atoms with E-state index in [1.807, 2.05) is 0 Å². The number of hydrogen-bond donors (Lipinski definition) is 0. The third-order valence-electron chi connectivity index (χ3n) is 1.88. The van der Waals surface area contributed by atoms with E-state index in [-0.39, 0.29) is 0 Å². The van der Waals surface area contributed by atoms with E-state index in [1.165, 1.54) is 17.6 Å². The summed E-state index contributed by atoms with van der Waals surface area (Å²) in [5, 5.41) is 0. The van der Waals surface area contributed by atoms with E-state index in [0.717, 1.165) is 12.8 Å². The Kier molecular flexibility index (Phi) is 6.45. The van der Waals surface area contributed by atoms with Crippen molar-refractivity contribution < 1.29 is 0 Å². The van der Waals surface area contributed by atoms with Gasteiger partial charge in [0.05, 0.1) is 0 Å². The quantitative estimate of drug-likeness (QED) is 0.533. The summed E-state index contributed by atoms with van der Waals surface area (Å²) in [5.74, 6) is 0. The summed E-state index contributed by atoms with van der Waals surface area (Å²) in [6.45, 7) is 10.4. The summed E-state index contributed by atoms with van der Waals surface area (Å²) in [4.78, 5) is 0. The van der Waals surface area contributed by atoms with E-state index in [0.29, 0.717) is 0 Å². The highest BCUT2D eigenvalue weighted by molar-refractivity contribution is 5.25. The Bertz CT molecular complexity index is 182. The largest absolute Gasteiger partial charge is 0.0958 e. The Hall–Kier alpha value is -0.780. The maximum Gasteiger partial charge on any atom is -0.0287 e. The van der Waals surface area contributed by atoms with Gasteiger partial charge in [-0.15, -0.1) is 0 Å². The van der Waals surface area contributed by atoms with Gasteiger partial charge < -0.3 is 0 Å². The van der Waals surface area contributed by atoms with Crippen molar-refractivity contribution in [2.75, 3.05) is 0 Å². The van der Waals surface area contributed by atoms with Crippen LogP contribution in [0.2, 0.25) is 0 Å². The fourth-order valence-electron chi connectivity index (χ4n) is 1.05. The van der Waals surface area contributed by atoms with Crippen LogP contribution < -0.4 is 0 Å². The van der Waals surface area contributed by atoms with Crippen molar-refractivity contribution in [3.8, 4) is 0 Å². The summed E-state index contributed by atoms with van der Waals surface area (Å²) in [6.07, 6.45) is 9.83. The molecule has 0 aliphatic rings. The molecule has 0 bridgehead atoms. The Morgan fingerprint density at radius 3 is 2.33 bits per heavy atom. The maximum atomic E-state index is 3.97. The van der Waals surface area contributed by atoms with Crippen LogP contribution in [0.3, 0.4) is 0 Å². The molecule has 0 atom stereocenters. The number of hydrogen-bond acceptors (Lipinski definition) is 0. The van der Waals surface area contributed by atoms with E-state index in [9.17, 15) is 0 Å². The zero-order chi connectivity index (χ0) is 9.40. The predicted molar refractivity (Wildman–Crippen MR) is 57.2 cm³/mol. The normalized spacial score (nSPS) is 12.4. The molecule has 0 N–H and O–H groups in total. The Morgan fingerprint density at radius 1 is 1.25 bits per heavy atom. The fraction of sp³-hybridized carbons (Fsp3) is 0.500. The minimum atomic E-state index is 1.10. The molecule has 0 unspecified atom stereocenters. The molecule has 0 nitrogen and oxygen atoms in total. The summed E-state index contributed by atoms with van der Waals surface area (Å²) < 4.78 is 0. The molecule has 0 radical (unpaired) electrons. The minimum absolute atomic E-state index is 1.10. The van der Waals surface area contributed by atoms with Gasteiger partial charge in [-0.05, 0) is 19.8 Å². The first-order chi connectivity index (χ1) is 5.74. The topological polar surface area (TPSA) is 0 Å². The molecule has 0 fully saturated rings. The van der Waals surface area contributed by atoms with Gasteiger partial charge in [-0.3, -0.25) is 0 Å². The van der Waals surface area contributed by atoms with E-state index in [4.69, 9.17) is 0 Å². The number of rotatable bonds is 5. The lowest BCUT2D eigenvalue weighted by molar-refractivity contribution is 0.929. The molecule has 0 aliphatic carbocycles. The summed E-state index contributed by atoms with van der Waals surface area (Å²) in [7, 11) is 0. The van der Waals surface area contributed by atoms with E-state index in [1.54, 1.807) is 0 Å². The van der Waals surface area contributed by atoms with Crippen molar-refractivity contribution in [2.24, 2.45) is 0 Å². The monoisotopic (exact) mass is 164 g/mol. The highest BCUT2D eigenvalue weighted by atomic mass is 13.9. The zero-order valence-corrected chi connectivity index (χ0v) is 8.56. The molecule has 0 aromatic carbocycles. The van der Waals surface area contributed by atoms with Crippen LogP contribution in [0.5, 0.6) is 0 Å². The van der Waals surface area contributed by atoms with Gasteiger partial charge in [0.1, 0.15) is 0 Å². The second-order valence-electron chi connectivity index (χ2n) is 2.96. The molecule has 0 heterocycles. The van der Waals surface area contributed by atoms with Crippen molar-refractivity contribution in [2.45, 2.75) is 40.0 Å². The average Bonchev–Trinajstić information content (AvgIpc) is 2.07. The predicted octanol–water partition coefficient (Wildman–Crippen LogP) is 4.26. The summed E-state index contributed by atoms with van der Waals surface area (Å²) >= 11 is 0. The molecular formula is C12H20. The summed E-state index contributed by atoms with van der Waals surface area (Å²) in [5.41, 5.74) is 2.61. The average molecular weight is 164 g/mol. The first-order valence-electron chi connectivity index (χ1n) is 4.75. The first kappa shape index (κ1) is 11.2.